The summed E-state index contributed by atoms with van der Waals surface area (Å²) in [6, 6.07) is 17.5. The monoisotopic (exact) mass is 388 g/mol. The zero-order valence-corrected chi connectivity index (χ0v) is 16.8. The molecule has 0 heterocycles. The Kier molecular flexibility index (Phi) is 6.58. The van der Waals surface area contributed by atoms with Crippen molar-refractivity contribution >= 4 is 19.2 Å². The number of hydrogen-bond acceptors (Lipinski definition) is 3. The van der Waals surface area contributed by atoms with E-state index in [0.717, 1.165) is 0 Å². The first-order valence-electron chi connectivity index (χ1n) is 8.56. The van der Waals surface area contributed by atoms with Crippen molar-refractivity contribution in [3.05, 3.63) is 71.8 Å². The fourth-order valence-electron chi connectivity index (χ4n) is 3.10. The van der Waals surface area contributed by atoms with Gasteiger partial charge in [0.1, 0.15) is 11.6 Å². The van der Waals surface area contributed by atoms with Gasteiger partial charge in [0.05, 0.1) is 0 Å². The Morgan fingerprint density at radius 2 is 1.07 bits per heavy atom. The second-order valence-electron chi connectivity index (χ2n) is 6.50. The number of hydrogen-bond donors (Lipinski definition) is 1. The molecule has 0 aliphatic carbocycles. The van der Waals surface area contributed by atoms with Crippen molar-refractivity contribution in [2.75, 3.05) is 14.1 Å². The Bertz CT molecular complexity index is 774. The molecule has 0 fully saturated rings. The summed E-state index contributed by atoms with van der Waals surface area (Å²) in [4.78, 5) is 38.0. The summed E-state index contributed by atoms with van der Waals surface area (Å²) in [5, 5.41) is 0. The van der Waals surface area contributed by atoms with Crippen molar-refractivity contribution in [2.24, 2.45) is 0 Å². The molecule has 0 saturated carbocycles. The summed E-state index contributed by atoms with van der Waals surface area (Å²) in [6.07, 6.45) is 0. The van der Waals surface area contributed by atoms with Crippen LogP contribution in [0.2, 0.25) is 0 Å². The van der Waals surface area contributed by atoms with Gasteiger partial charge in [-0.2, -0.15) is 0 Å². The first-order valence-corrected chi connectivity index (χ1v) is 10.4. The standard InChI is InChI=1S/C20H25N2O4P/c1-15(23)21(3)19(17-11-7-5-8-12-17)27(25,26)20(22(4)16(2)24)18-13-9-6-10-14-18/h5-14,19-20H,1-4H3,(H,25,26). The molecule has 2 rings (SSSR count). The lowest BCUT2D eigenvalue weighted by molar-refractivity contribution is -0.128. The first kappa shape index (κ1) is 20.9. The van der Waals surface area contributed by atoms with E-state index in [0.29, 0.717) is 11.1 Å². The normalized spacial score (nSPS) is 15.3. The molecule has 2 aromatic rings. The van der Waals surface area contributed by atoms with Crippen molar-refractivity contribution in [3.63, 3.8) is 0 Å². The average molecular weight is 388 g/mol. The van der Waals surface area contributed by atoms with E-state index in [4.69, 9.17) is 0 Å². The minimum Gasteiger partial charge on any atom is -0.341 e. The number of nitrogens with zero attached hydrogens (tertiary/aromatic N) is 2. The lowest BCUT2D eigenvalue weighted by Crippen LogP contribution is -2.35. The third-order valence-electron chi connectivity index (χ3n) is 4.62. The minimum atomic E-state index is -4.17. The van der Waals surface area contributed by atoms with Gasteiger partial charge in [0.25, 0.3) is 7.37 Å². The summed E-state index contributed by atoms with van der Waals surface area (Å²) in [5.74, 6) is -2.84. The molecule has 0 bridgehead atoms. The molecule has 0 aliphatic heterocycles. The lowest BCUT2D eigenvalue weighted by Gasteiger charge is -2.39. The van der Waals surface area contributed by atoms with Gasteiger partial charge < -0.3 is 14.7 Å². The van der Waals surface area contributed by atoms with Gasteiger partial charge in [0, 0.05) is 27.9 Å². The smallest absolute Gasteiger partial charge is 0.253 e. The van der Waals surface area contributed by atoms with Crippen LogP contribution in [0.1, 0.15) is 36.5 Å². The molecule has 0 radical (unpaired) electrons. The van der Waals surface area contributed by atoms with Crippen molar-refractivity contribution in [3.8, 4) is 0 Å². The topological polar surface area (TPSA) is 77.9 Å². The van der Waals surface area contributed by atoms with Gasteiger partial charge in [-0.1, -0.05) is 60.7 Å². The zero-order valence-electron chi connectivity index (χ0n) is 15.9. The van der Waals surface area contributed by atoms with E-state index in [1.54, 1.807) is 60.7 Å². The minimum absolute atomic E-state index is 0.338. The maximum Gasteiger partial charge on any atom is 0.253 e. The largest absolute Gasteiger partial charge is 0.341 e. The van der Waals surface area contributed by atoms with Gasteiger partial charge in [-0.3, -0.25) is 14.2 Å². The molecule has 0 saturated heterocycles. The van der Waals surface area contributed by atoms with Crippen LogP contribution >= 0.6 is 7.37 Å². The summed E-state index contributed by atoms with van der Waals surface area (Å²) in [7, 11) is -1.17. The molecule has 0 aromatic heterocycles. The number of carbonyl (C=O) groups is 2. The second kappa shape index (κ2) is 8.51. The van der Waals surface area contributed by atoms with Gasteiger partial charge in [-0.15, -0.1) is 0 Å². The fourth-order valence-corrected chi connectivity index (χ4v) is 5.88. The predicted molar refractivity (Wildman–Crippen MR) is 105 cm³/mol. The van der Waals surface area contributed by atoms with E-state index in [1.165, 1.54) is 37.7 Å². The maximum absolute atomic E-state index is 13.9. The highest BCUT2D eigenvalue weighted by Crippen LogP contribution is 2.67. The molecular formula is C20H25N2O4P. The molecule has 2 aromatic carbocycles. The highest BCUT2D eigenvalue weighted by molar-refractivity contribution is 7.58. The summed E-state index contributed by atoms with van der Waals surface area (Å²) in [6.45, 7) is 2.70. The first-order chi connectivity index (χ1) is 12.7. The Balaban J connectivity index is 2.67. The van der Waals surface area contributed by atoms with E-state index in [-0.39, 0.29) is 11.8 Å². The molecule has 7 heteroatoms. The molecule has 0 spiro atoms. The van der Waals surface area contributed by atoms with Gasteiger partial charge >= 0.3 is 0 Å². The average Bonchev–Trinajstić information content (AvgIpc) is 2.63. The van der Waals surface area contributed by atoms with Crippen molar-refractivity contribution in [1.82, 2.24) is 9.80 Å². The number of benzene rings is 2. The van der Waals surface area contributed by atoms with Crippen LogP contribution < -0.4 is 0 Å². The molecule has 2 atom stereocenters. The third kappa shape index (κ3) is 4.46. The van der Waals surface area contributed by atoms with Gasteiger partial charge in [0.15, 0.2) is 0 Å². The van der Waals surface area contributed by atoms with Crippen LogP contribution in [0, 0.1) is 0 Å². The molecule has 0 aliphatic rings. The second-order valence-corrected chi connectivity index (χ2v) is 8.82. The quantitative estimate of drug-likeness (QED) is 0.767. The zero-order chi connectivity index (χ0) is 20.2. The highest BCUT2D eigenvalue weighted by atomic mass is 31.2. The molecule has 144 valence electrons. The number of amides is 2. The van der Waals surface area contributed by atoms with Crippen molar-refractivity contribution in [2.45, 2.75) is 25.4 Å². The fraction of sp³-hybridized carbons (Fsp3) is 0.300. The van der Waals surface area contributed by atoms with E-state index in [1.807, 2.05) is 0 Å². The van der Waals surface area contributed by atoms with E-state index in [9.17, 15) is 19.0 Å². The van der Waals surface area contributed by atoms with E-state index in [2.05, 4.69) is 0 Å². The molecule has 2 amide bonds. The SMILES string of the molecule is CC(=O)N(C)C(c1ccccc1)P(=O)(O)C(c1ccccc1)N(C)C(C)=O. The third-order valence-corrected chi connectivity index (χ3v) is 7.31. The molecule has 1 N–H and O–H groups in total. The summed E-state index contributed by atoms with van der Waals surface area (Å²) in [5.41, 5.74) is 1.08. The van der Waals surface area contributed by atoms with Crippen molar-refractivity contribution in [1.29, 1.82) is 0 Å². The maximum atomic E-state index is 13.9. The van der Waals surface area contributed by atoms with Gasteiger partial charge in [0.2, 0.25) is 11.8 Å². The van der Waals surface area contributed by atoms with Gasteiger partial charge in [-0.25, -0.2) is 0 Å². The molecule has 6 nitrogen and oxygen atoms in total. The molecule has 2 unspecified atom stereocenters. The Hall–Kier alpha value is -2.43. The number of rotatable bonds is 6. The molecular weight excluding hydrogens is 363 g/mol. The molecule has 27 heavy (non-hydrogen) atoms. The Morgan fingerprint density at radius 3 is 1.33 bits per heavy atom. The van der Waals surface area contributed by atoms with Crippen LogP contribution in [-0.2, 0) is 14.2 Å². The Morgan fingerprint density at radius 1 is 0.778 bits per heavy atom. The van der Waals surface area contributed by atoms with Crippen LogP contribution in [0.3, 0.4) is 0 Å². The lowest BCUT2D eigenvalue weighted by atomic mass is 10.2. The highest BCUT2D eigenvalue weighted by Gasteiger charge is 2.46. The van der Waals surface area contributed by atoms with Crippen LogP contribution in [0.15, 0.2) is 60.7 Å². The predicted octanol–water partition coefficient (Wildman–Crippen LogP) is 3.61. The van der Waals surface area contributed by atoms with Crippen molar-refractivity contribution < 1.29 is 19.0 Å². The van der Waals surface area contributed by atoms with E-state index < -0.39 is 18.9 Å². The van der Waals surface area contributed by atoms with Crippen LogP contribution in [-0.4, -0.2) is 40.6 Å². The van der Waals surface area contributed by atoms with Crippen LogP contribution in [0.25, 0.3) is 0 Å². The van der Waals surface area contributed by atoms with Gasteiger partial charge in [-0.05, 0) is 11.1 Å². The Labute approximate surface area is 159 Å². The van der Waals surface area contributed by atoms with Crippen LogP contribution in [0.5, 0.6) is 0 Å². The number of carbonyl (C=O) groups excluding carboxylic acids is 2. The summed E-state index contributed by atoms with van der Waals surface area (Å²) < 4.78 is 13.9. The summed E-state index contributed by atoms with van der Waals surface area (Å²) >= 11 is 0. The van der Waals surface area contributed by atoms with E-state index >= 15 is 0 Å². The van der Waals surface area contributed by atoms with Crippen LogP contribution in [0.4, 0.5) is 0 Å².